The molecule has 0 atom stereocenters. The van der Waals surface area contributed by atoms with Crippen LogP contribution in [0.5, 0.6) is 0 Å². The van der Waals surface area contributed by atoms with Crippen molar-refractivity contribution in [3.63, 3.8) is 0 Å². The van der Waals surface area contributed by atoms with E-state index < -0.39 is 0 Å². The van der Waals surface area contributed by atoms with Gasteiger partial charge in [0.1, 0.15) is 0 Å². The molecule has 11 aromatic carbocycles. The van der Waals surface area contributed by atoms with Crippen molar-refractivity contribution < 1.29 is 0 Å². The second kappa shape index (κ2) is 11.4. The number of rotatable bonds is 3. The van der Waals surface area contributed by atoms with Gasteiger partial charge in [0.05, 0.1) is 0 Å². The van der Waals surface area contributed by atoms with Gasteiger partial charge in [0, 0.05) is 0 Å². The Morgan fingerprint density at radius 2 is 0.615 bits per heavy atom. The van der Waals surface area contributed by atoms with E-state index >= 15 is 0 Å². The van der Waals surface area contributed by atoms with E-state index in [0.29, 0.717) is 0 Å². The molecule has 0 saturated heterocycles. The maximum Gasteiger partial charge on any atom is -0.00259 e. The van der Waals surface area contributed by atoms with E-state index in [0.717, 1.165) is 0 Å². The molecular formula is C52H32. The molecular weight excluding hydrogens is 625 g/mol. The zero-order chi connectivity index (χ0) is 34.2. The summed E-state index contributed by atoms with van der Waals surface area (Å²) in [7, 11) is 0. The van der Waals surface area contributed by atoms with Crippen LogP contribution in [-0.4, -0.2) is 0 Å². The average molecular weight is 657 g/mol. The first kappa shape index (κ1) is 29.0. The third-order valence-electron chi connectivity index (χ3n) is 11.2. The Morgan fingerprint density at radius 1 is 0.192 bits per heavy atom. The van der Waals surface area contributed by atoms with Gasteiger partial charge in [-0.15, -0.1) is 0 Å². The highest BCUT2D eigenvalue weighted by Gasteiger charge is 2.19. The van der Waals surface area contributed by atoms with Crippen molar-refractivity contribution in [3.8, 4) is 33.4 Å². The van der Waals surface area contributed by atoms with Crippen LogP contribution in [0.2, 0.25) is 0 Å². The second-order valence-corrected chi connectivity index (χ2v) is 14.0. The first-order valence-corrected chi connectivity index (χ1v) is 18.1. The molecule has 0 spiro atoms. The standard InChI is InChI=1S/C52H32/c1-2-14-35-30-37(25-24-33(35)12-1)52-47-22-10-9-21-46(47)51(48-29-26-36(31-50(48)52)40-23-11-15-34-13-3-4-16-39(34)40)38-27-28-45-43-19-6-5-17-41(43)42-18-7-8-20-44(42)49(45)32-38/h1-32H. The van der Waals surface area contributed by atoms with Crippen LogP contribution in [0.3, 0.4) is 0 Å². The summed E-state index contributed by atoms with van der Waals surface area (Å²) in [5.74, 6) is 0. The summed E-state index contributed by atoms with van der Waals surface area (Å²) in [4.78, 5) is 0. The molecule has 0 aromatic heterocycles. The van der Waals surface area contributed by atoms with Gasteiger partial charge in [-0.3, -0.25) is 0 Å². The van der Waals surface area contributed by atoms with Gasteiger partial charge in [0.15, 0.2) is 0 Å². The fourth-order valence-corrected chi connectivity index (χ4v) is 8.85. The molecule has 0 aliphatic rings. The first-order chi connectivity index (χ1) is 25.8. The van der Waals surface area contributed by atoms with Crippen LogP contribution in [0.4, 0.5) is 0 Å². The Labute approximate surface area is 301 Å². The quantitative estimate of drug-likeness (QED) is 0.131. The van der Waals surface area contributed by atoms with Crippen molar-refractivity contribution >= 4 is 75.4 Å². The summed E-state index contributed by atoms with van der Waals surface area (Å²) in [5, 5.41) is 17.8. The third-order valence-corrected chi connectivity index (χ3v) is 11.2. The largest absolute Gasteiger partial charge is 0.0616 e. The molecule has 52 heavy (non-hydrogen) atoms. The Hall–Kier alpha value is -6.76. The van der Waals surface area contributed by atoms with Crippen molar-refractivity contribution in [1.29, 1.82) is 0 Å². The van der Waals surface area contributed by atoms with Gasteiger partial charge in [0.2, 0.25) is 0 Å². The molecule has 0 saturated carbocycles. The topological polar surface area (TPSA) is 0 Å². The lowest BCUT2D eigenvalue weighted by atomic mass is 9.83. The van der Waals surface area contributed by atoms with Crippen molar-refractivity contribution in [2.45, 2.75) is 0 Å². The zero-order valence-electron chi connectivity index (χ0n) is 28.5. The van der Waals surface area contributed by atoms with Gasteiger partial charge in [-0.2, -0.15) is 0 Å². The SMILES string of the molecule is c1ccc2cc(-c3c4ccccc4c(-c4ccc5c6ccccc6c6ccccc6c5c4)c4ccc(-c5cccc6ccccc56)cc34)ccc2c1. The second-order valence-electron chi connectivity index (χ2n) is 14.0. The van der Waals surface area contributed by atoms with Crippen LogP contribution in [0.25, 0.3) is 109 Å². The van der Waals surface area contributed by atoms with Crippen LogP contribution in [0, 0.1) is 0 Å². The minimum atomic E-state index is 1.23. The predicted molar refractivity (Wildman–Crippen MR) is 225 cm³/mol. The van der Waals surface area contributed by atoms with Crippen molar-refractivity contribution in [2.24, 2.45) is 0 Å². The van der Waals surface area contributed by atoms with E-state index in [1.165, 1.54) is 109 Å². The Bertz CT molecular complexity index is 3200. The van der Waals surface area contributed by atoms with Crippen LogP contribution in [0.1, 0.15) is 0 Å². The lowest BCUT2D eigenvalue weighted by Crippen LogP contribution is -1.93. The summed E-state index contributed by atoms with van der Waals surface area (Å²) < 4.78 is 0. The predicted octanol–water partition coefficient (Wildman–Crippen LogP) is 14.8. The summed E-state index contributed by atoms with van der Waals surface area (Å²) in [6.07, 6.45) is 0. The van der Waals surface area contributed by atoms with E-state index in [-0.39, 0.29) is 0 Å². The lowest BCUT2D eigenvalue weighted by Gasteiger charge is -2.20. The van der Waals surface area contributed by atoms with E-state index in [2.05, 4.69) is 194 Å². The molecule has 0 heteroatoms. The van der Waals surface area contributed by atoms with Gasteiger partial charge in [-0.05, 0) is 127 Å². The van der Waals surface area contributed by atoms with E-state index in [9.17, 15) is 0 Å². The lowest BCUT2D eigenvalue weighted by molar-refractivity contribution is 1.66. The highest BCUT2D eigenvalue weighted by Crippen LogP contribution is 2.47. The molecule has 0 fully saturated rings. The normalized spacial score (nSPS) is 11.8. The monoisotopic (exact) mass is 656 g/mol. The maximum atomic E-state index is 2.45. The van der Waals surface area contributed by atoms with Gasteiger partial charge >= 0.3 is 0 Å². The highest BCUT2D eigenvalue weighted by molar-refractivity contribution is 6.27. The number of fused-ring (bicyclic) bond motifs is 10. The Balaban J connectivity index is 1.27. The summed E-state index contributed by atoms with van der Waals surface area (Å²) in [6.45, 7) is 0. The van der Waals surface area contributed by atoms with Gasteiger partial charge < -0.3 is 0 Å². The smallest absolute Gasteiger partial charge is 0.00259 e. The third kappa shape index (κ3) is 4.35. The Morgan fingerprint density at radius 3 is 1.33 bits per heavy atom. The van der Waals surface area contributed by atoms with Crippen molar-refractivity contribution in [3.05, 3.63) is 194 Å². The molecule has 0 amide bonds. The maximum absolute atomic E-state index is 2.45. The number of benzene rings is 11. The molecule has 0 N–H and O–H groups in total. The van der Waals surface area contributed by atoms with Crippen LogP contribution >= 0.6 is 0 Å². The molecule has 0 nitrogen and oxygen atoms in total. The summed E-state index contributed by atoms with van der Waals surface area (Å²) in [6, 6.07) is 72.0. The highest BCUT2D eigenvalue weighted by atomic mass is 14.2. The molecule has 0 radical (unpaired) electrons. The van der Waals surface area contributed by atoms with Crippen LogP contribution < -0.4 is 0 Å². The molecule has 0 aliphatic carbocycles. The molecule has 0 unspecified atom stereocenters. The molecule has 0 aliphatic heterocycles. The van der Waals surface area contributed by atoms with Gasteiger partial charge in [-0.25, -0.2) is 0 Å². The fourth-order valence-electron chi connectivity index (χ4n) is 8.85. The van der Waals surface area contributed by atoms with E-state index in [1.54, 1.807) is 0 Å². The fraction of sp³-hybridized carbons (Fsp3) is 0. The first-order valence-electron chi connectivity index (χ1n) is 18.1. The summed E-state index contributed by atoms with van der Waals surface area (Å²) >= 11 is 0. The Kier molecular flexibility index (Phi) is 6.35. The van der Waals surface area contributed by atoms with Crippen molar-refractivity contribution in [2.75, 3.05) is 0 Å². The molecule has 11 rings (SSSR count). The molecule has 240 valence electrons. The zero-order valence-corrected chi connectivity index (χ0v) is 28.5. The van der Waals surface area contributed by atoms with Crippen LogP contribution in [-0.2, 0) is 0 Å². The number of hydrogen-bond donors (Lipinski definition) is 0. The number of hydrogen-bond acceptors (Lipinski definition) is 0. The minimum absolute atomic E-state index is 1.23. The van der Waals surface area contributed by atoms with Gasteiger partial charge in [0.25, 0.3) is 0 Å². The molecule has 0 bridgehead atoms. The summed E-state index contributed by atoms with van der Waals surface area (Å²) in [5.41, 5.74) is 7.50. The van der Waals surface area contributed by atoms with E-state index in [1.807, 2.05) is 0 Å². The van der Waals surface area contributed by atoms with Gasteiger partial charge in [-0.1, -0.05) is 176 Å². The minimum Gasteiger partial charge on any atom is -0.0616 e. The van der Waals surface area contributed by atoms with Crippen LogP contribution in [0.15, 0.2) is 194 Å². The van der Waals surface area contributed by atoms with E-state index in [4.69, 9.17) is 0 Å². The molecule has 0 heterocycles. The average Bonchev–Trinajstić information content (AvgIpc) is 3.22. The molecule has 11 aromatic rings. The van der Waals surface area contributed by atoms with Crippen molar-refractivity contribution in [1.82, 2.24) is 0 Å².